The predicted octanol–water partition coefficient (Wildman–Crippen LogP) is 1.65. The molecule has 0 saturated heterocycles. The molecule has 1 aromatic carbocycles. The maximum absolute atomic E-state index is 12.4. The molecular weight excluding hydrogens is 292 g/mol. The molecule has 0 radical (unpaired) electrons. The minimum absolute atomic E-state index is 0.0442. The standard InChI is InChI=1S/C17H22N4O2/c1-12-19-13(2)21(20-12)9-8-18-17(22)15-7-10-23-16-6-4-3-5-14(16)11-15/h3-6,15H,7-11H2,1-2H3,(H,18,22). The Labute approximate surface area is 135 Å². The first-order valence-electron chi connectivity index (χ1n) is 8.00. The summed E-state index contributed by atoms with van der Waals surface area (Å²) in [4.78, 5) is 16.7. The zero-order valence-corrected chi connectivity index (χ0v) is 13.6. The minimum atomic E-state index is -0.0442. The number of aryl methyl sites for hydroxylation is 2. The van der Waals surface area contributed by atoms with Crippen LogP contribution in [0.25, 0.3) is 0 Å². The van der Waals surface area contributed by atoms with Crippen molar-refractivity contribution in [2.75, 3.05) is 13.2 Å². The van der Waals surface area contributed by atoms with Gasteiger partial charge in [-0.05, 0) is 38.3 Å². The maximum atomic E-state index is 12.4. The van der Waals surface area contributed by atoms with E-state index in [0.717, 1.165) is 35.8 Å². The van der Waals surface area contributed by atoms with E-state index in [2.05, 4.69) is 15.4 Å². The van der Waals surface area contributed by atoms with Crippen molar-refractivity contribution in [2.24, 2.45) is 5.92 Å². The molecule has 1 aromatic heterocycles. The first kappa shape index (κ1) is 15.5. The Morgan fingerprint density at radius 2 is 2.22 bits per heavy atom. The first-order valence-corrected chi connectivity index (χ1v) is 8.00. The molecule has 1 atom stereocenters. The first-order chi connectivity index (χ1) is 11.1. The van der Waals surface area contributed by atoms with Gasteiger partial charge in [-0.2, -0.15) is 5.10 Å². The van der Waals surface area contributed by atoms with Crippen LogP contribution in [0.3, 0.4) is 0 Å². The third kappa shape index (κ3) is 3.70. The minimum Gasteiger partial charge on any atom is -0.493 e. The fourth-order valence-corrected chi connectivity index (χ4v) is 2.92. The Kier molecular flexibility index (Phi) is 4.60. The molecule has 1 unspecified atom stereocenters. The molecular formula is C17H22N4O2. The summed E-state index contributed by atoms with van der Waals surface area (Å²) >= 11 is 0. The van der Waals surface area contributed by atoms with Gasteiger partial charge in [-0.1, -0.05) is 18.2 Å². The summed E-state index contributed by atoms with van der Waals surface area (Å²) in [6.45, 7) is 5.56. The normalized spacial score (nSPS) is 17.0. The molecule has 1 aliphatic heterocycles. The van der Waals surface area contributed by atoms with Gasteiger partial charge in [0.2, 0.25) is 5.91 Å². The third-order valence-electron chi connectivity index (χ3n) is 4.12. The lowest BCUT2D eigenvalue weighted by molar-refractivity contribution is -0.125. The zero-order valence-electron chi connectivity index (χ0n) is 13.6. The van der Waals surface area contributed by atoms with Crippen LogP contribution in [-0.2, 0) is 17.8 Å². The SMILES string of the molecule is Cc1nc(C)n(CCNC(=O)C2CCOc3ccccc3C2)n1. The molecule has 6 nitrogen and oxygen atoms in total. The fraction of sp³-hybridized carbons (Fsp3) is 0.471. The van der Waals surface area contributed by atoms with E-state index in [0.29, 0.717) is 19.7 Å². The van der Waals surface area contributed by atoms with Crippen molar-refractivity contribution < 1.29 is 9.53 Å². The van der Waals surface area contributed by atoms with Crippen LogP contribution >= 0.6 is 0 Å². The molecule has 0 saturated carbocycles. The third-order valence-corrected chi connectivity index (χ3v) is 4.12. The lowest BCUT2D eigenvalue weighted by Crippen LogP contribution is -2.34. The molecule has 0 fully saturated rings. The molecule has 1 N–H and O–H groups in total. The van der Waals surface area contributed by atoms with Crippen molar-refractivity contribution in [1.29, 1.82) is 0 Å². The van der Waals surface area contributed by atoms with E-state index in [1.807, 2.05) is 42.8 Å². The smallest absolute Gasteiger partial charge is 0.223 e. The van der Waals surface area contributed by atoms with E-state index in [4.69, 9.17) is 4.74 Å². The van der Waals surface area contributed by atoms with E-state index in [1.165, 1.54) is 0 Å². The van der Waals surface area contributed by atoms with E-state index >= 15 is 0 Å². The van der Waals surface area contributed by atoms with Crippen molar-refractivity contribution in [2.45, 2.75) is 33.2 Å². The number of carbonyl (C=O) groups is 1. The van der Waals surface area contributed by atoms with Gasteiger partial charge in [0.15, 0.2) is 0 Å². The number of para-hydroxylation sites is 1. The molecule has 122 valence electrons. The monoisotopic (exact) mass is 314 g/mol. The summed E-state index contributed by atoms with van der Waals surface area (Å²) in [5, 5.41) is 7.31. The molecule has 6 heteroatoms. The van der Waals surface area contributed by atoms with Crippen molar-refractivity contribution in [3.63, 3.8) is 0 Å². The summed E-state index contributed by atoms with van der Waals surface area (Å²) in [6.07, 6.45) is 1.46. The Bertz CT molecular complexity index is 696. The Hall–Kier alpha value is -2.37. The molecule has 0 spiro atoms. The molecule has 23 heavy (non-hydrogen) atoms. The largest absolute Gasteiger partial charge is 0.493 e. The van der Waals surface area contributed by atoms with Crippen LogP contribution in [0, 0.1) is 19.8 Å². The summed E-state index contributed by atoms with van der Waals surface area (Å²) in [5.74, 6) is 2.56. The van der Waals surface area contributed by atoms with Gasteiger partial charge >= 0.3 is 0 Å². The number of nitrogens with one attached hydrogen (secondary N) is 1. The Morgan fingerprint density at radius 3 is 3.00 bits per heavy atom. The molecule has 2 heterocycles. The Balaban J connectivity index is 1.55. The van der Waals surface area contributed by atoms with E-state index in [-0.39, 0.29) is 11.8 Å². The van der Waals surface area contributed by atoms with Gasteiger partial charge < -0.3 is 10.1 Å². The summed E-state index contributed by atoms with van der Waals surface area (Å²) in [7, 11) is 0. The van der Waals surface area contributed by atoms with Crippen LogP contribution in [0.1, 0.15) is 23.6 Å². The predicted molar refractivity (Wildman–Crippen MR) is 86.3 cm³/mol. The van der Waals surface area contributed by atoms with Gasteiger partial charge in [0.1, 0.15) is 17.4 Å². The van der Waals surface area contributed by atoms with E-state index in [9.17, 15) is 4.79 Å². The molecule has 1 amide bonds. The highest BCUT2D eigenvalue weighted by atomic mass is 16.5. The van der Waals surface area contributed by atoms with Crippen molar-refractivity contribution in [1.82, 2.24) is 20.1 Å². The highest BCUT2D eigenvalue weighted by Crippen LogP contribution is 2.26. The second-order valence-corrected chi connectivity index (χ2v) is 5.87. The van der Waals surface area contributed by atoms with Gasteiger partial charge in [0.05, 0.1) is 13.2 Å². The van der Waals surface area contributed by atoms with Crippen LogP contribution in [-0.4, -0.2) is 33.8 Å². The zero-order chi connectivity index (χ0) is 16.2. The maximum Gasteiger partial charge on any atom is 0.223 e. The van der Waals surface area contributed by atoms with Crippen LogP contribution in [0.15, 0.2) is 24.3 Å². The number of hydrogen-bond donors (Lipinski definition) is 1. The molecule has 0 bridgehead atoms. The highest BCUT2D eigenvalue weighted by Gasteiger charge is 2.23. The molecule has 1 aliphatic rings. The van der Waals surface area contributed by atoms with Gasteiger partial charge in [-0.15, -0.1) is 0 Å². The summed E-state index contributed by atoms with van der Waals surface area (Å²) < 4.78 is 7.54. The van der Waals surface area contributed by atoms with Crippen molar-refractivity contribution in [3.8, 4) is 5.75 Å². The average Bonchev–Trinajstić information content (AvgIpc) is 2.74. The van der Waals surface area contributed by atoms with Gasteiger partial charge in [0, 0.05) is 12.5 Å². The van der Waals surface area contributed by atoms with Crippen molar-refractivity contribution >= 4 is 5.91 Å². The highest BCUT2D eigenvalue weighted by molar-refractivity contribution is 5.79. The quantitative estimate of drug-likeness (QED) is 0.932. The van der Waals surface area contributed by atoms with Crippen LogP contribution in [0.2, 0.25) is 0 Å². The van der Waals surface area contributed by atoms with Crippen LogP contribution in [0.5, 0.6) is 5.75 Å². The fourth-order valence-electron chi connectivity index (χ4n) is 2.92. The lowest BCUT2D eigenvalue weighted by atomic mass is 9.96. The van der Waals surface area contributed by atoms with Gasteiger partial charge in [0.25, 0.3) is 0 Å². The number of hydrogen-bond acceptors (Lipinski definition) is 4. The number of rotatable bonds is 4. The summed E-state index contributed by atoms with van der Waals surface area (Å²) in [6, 6.07) is 7.94. The second-order valence-electron chi connectivity index (χ2n) is 5.87. The number of benzene rings is 1. The van der Waals surface area contributed by atoms with E-state index in [1.54, 1.807) is 0 Å². The second kappa shape index (κ2) is 6.81. The molecule has 2 aromatic rings. The number of fused-ring (bicyclic) bond motifs is 1. The molecule has 3 rings (SSSR count). The molecule has 0 aliphatic carbocycles. The van der Waals surface area contributed by atoms with Crippen molar-refractivity contribution in [3.05, 3.63) is 41.5 Å². The van der Waals surface area contributed by atoms with Gasteiger partial charge in [-0.25, -0.2) is 9.67 Å². The lowest BCUT2D eigenvalue weighted by Gasteiger charge is -2.14. The van der Waals surface area contributed by atoms with E-state index < -0.39 is 0 Å². The number of aromatic nitrogens is 3. The van der Waals surface area contributed by atoms with Crippen LogP contribution in [0.4, 0.5) is 0 Å². The number of amides is 1. The van der Waals surface area contributed by atoms with Crippen LogP contribution < -0.4 is 10.1 Å². The summed E-state index contributed by atoms with van der Waals surface area (Å²) in [5.41, 5.74) is 1.10. The average molecular weight is 314 g/mol. The number of nitrogens with zero attached hydrogens (tertiary/aromatic N) is 3. The topological polar surface area (TPSA) is 69.0 Å². The van der Waals surface area contributed by atoms with Gasteiger partial charge in [-0.3, -0.25) is 4.79 Å². The number of ether oxygens (including phenoxy) is 1. The number of carbonyl (C=O) groups excluding carboxylic acids is 1. The Morgan fingerprint density at radius 1 is 1.39 bits per heavy atom.